The van der Waals surface area contributed by atoms with Crippen LogP contribution < -0.4 is 73.1 Å². The van der Waals surface area contributed by atoms with E-state index in [0.29, 0.717) is 0 Å². The predicted octanol–water partition coefficient (Wildman–Crippen LogP) is 27.8. The molecule has 0 heteroatoms. The Balaban J connectivity index is 0.0000000939. The molecule has 0 aliphatic rings. The van der Waals surface area contributed by atoms with Crippen molar-refractivity contribution in [3.8, 4) is 0 Å². The smallest absolute Gasteiger partial charge is 0.00266 e. The summed E-state index contributed by atoms with van der Waals surface area (Å²) >= 11 is 0. The summed E-state index contributed by atoms with van der Waals surface area (Å²) in [5, 5.41) is 67.8. The Bertz CT molecular complexity index is 10600. The maximum absolute atomic E-state index is 4.19. The van der Waals surface area contributed by atoms with Gasteiger partial charge in [0.05, 0.1) is 0 Å². The Hall–Kier alpha value is -18.2. The second-order valence-electron chi connectivity index (χ2n) is 37.2. The highest BCUT2D eigenvalue weighted by atomic mass is 14.2. The fourth-order valence-corrected chi connectivity index (χ4v) is 21.0. The third-order valence-electron chi connectivity index (χ3n) is 27.9. The summed E-state index contributed by atoms with van der Waals surface area (Å²) in [5.74, 6) is 0. The molecule has 0 aliphatic heterocycles. The summed E-state index contributed by atoms with van der Waals surface area (Å²) in [6, 6.07) is 150. The molecule has 0 heterocycles. The summed E-state index contributed by atoms with van der Waals surface area (Å²) in [5.41, 5.74) is 0. The first-order valence-corrected chi connectivity index (χ1v) is 47.3. The van der Waals surface area contributed by atoms with Crippen LogP contribution in [0, 0.1) is 0 Å². The number of fused-ring (bicyclic) bond motifs is 31. The summed E-state index contributed by atoms with van der Waals surface area (Å²) in [6.07, 6.45) is 0. The Kier molecular flexibility index (Phi) is 22.3. The number of rotatable bonds is 0. The summed E-state index contributed by atoms with van der Waals surface area (Å²) in [7, 11) is 0. The van der Waals surface area contributed by atoms with Gasteiger partial charge in [0.2, 0.25) is 0 Å². The first-order valence-electron chi connectivity index (χ1n) is 47.3. The molecule has 0 N–H and O–H groups in total. The molecule has 0 fully saturated rings. The first-order chi connectivity index (χ1) is 68.1. The van der Waals surface area contributed by atoms with Crippen molar-refractivity contribution in [2.75, 3.05) is 0 Å². The van der Waals surface area contributed by atoms with Gasteiger partial charge in [-0.1, -0.05) is 426 Å². The molecule has 658 valence electrons. The lowest BCUT2D eigenvalue weighted by molar-refractivity contribution is 1.69. The fraction of sp³-hybridized carbons (Fsp3) is 0. The highest BCUT2D eigenvalue weighted by Gasteiger charge is 2.14. The van der Waals surface area contributed by atoms with Crippen LogP contribution in [0.15, 0.2) is 425 Å². The molecule has 0 nitrogen and oxygen atoms in total. The second kappa shape index (κ2) is 35.9. The van der Waals surface area contributed by atoms with Gasteiger partial charge in [-0.15, -0.1) is 0 Å². The zero-order valence-electron chi connectivity index (χ0n) is 78.3. The molecule has 0 bridgehead atoms. The zero-order valence-corrected chi connectivity index (χ0v) is 78.3. The van der Waals surface area contributed by atoms with E-state index in [1.807, 2.05) is 0 Å². The molecule has 28 aromatic rings. The van der Waals surface area contributed by atoms with Gasteiger partial charge < -0.3 is 0 Å². The van der Waals surface area contributed by atoms with Crippen LogP contribution >= 0.6 is 0 Å². The highest BCUT2D eigenvalue weighted by molar-refractivity contribution is 6.24. The van der Waals surface area contributed by atoms with E-state index in [4.69, 9.17) is 0 Å². The topological polar surface area (TPSA) is 0 Å². The summed E-state index contributed by atoms with van der Waals surface area (Å²) in [6.45, 7) is 57.3. The zero-order chi connectivity index (χ0) is 95.8. The lowest BCUT2D eigenvalue weighted by Gasteiger charge is -2.08. The maximum Gasteiger partial charge on any atom is -0.00266 e. The van der Waals surface area contributed by atoms with Crippen LogP contribution in [0.3, 0.4) is 0 Å². The Morgan fingerprint density at radius 1 is 0.0857 bits per heavy atom. The van der Waals surface area contributed by atoms with E-state index in [-0.39, 0.29) is 0 Å². The largest absolute Gasteiger partial charge is 0.0917 e. The number of hydrogen-bond acceptors (Lipinski definition) is 0. The molecule has 0 atom stereocenters. The summed E-state index contributed by atoms with van der Waals surface area (Å²) in [4.78, 5) is 0. The van der Waals surface area contributed by atoms with E-state index >= 15 is 0 Å². The molecule has 0 spiro atoms. The van der Waals surface area contributed by atoms with E-state index in [1.165, 1.54) is 226 Å². The van der Waals surface area contributed by atoms with Crippen LogP contribution in [0.2, 0.25) is 0 Å². The monoisotopic (exact) mass is 1780 g/mol. The minimum atomic E-state index is 1.05. The molecule has 140 heavy (non-hydrogen) atoms. The first kappa shape index (κ1) is 87.2. The molecular weight excluding hydrogens is 1680 g/mol. The van der Waals surface area contributed by atoms with Crippen LogP contribution in [0.5, 0.6) is 0 Å². The van der Waals surface area contributed by atoms with E-state index in [2.05, 4.69) is 517 Å². The van der Waals surface area contributed by atoms with Crippen molar-refractivity contribution >= 4 is 318 Å². The predicted molar refractivity (Wildman–Crippen MR) is 625 cm³/mol. The highest BCUT2D eigenvalue weighted by Crippen LogP contribution is 2.37. The van der Waals surface area contributed by atoms with E-state index in [1.54, 1.807) is 0 Å². The third kappa shape index (κ3) is 16.4. The average molecular weight is 1780 g/mol. The van der Waals surface area contributed by atoms with Crippen molar-refractivity contribution in [1.29, 1.82) is 0 Å². The van der Waals surface area contributed by atoms with Gasteiger partial charge in [-0.05, 0) is 390 Å². The molecule has 0 aromatic heterocycles. The van der Waals surface area contributed by atoms with Crippen molar-refractivity contribution in [1.82, 2.24) is 0 Å². The van der Waals surface area contributed by atoms with Crippen LogP contribution in [0.1, 0.15) is 0 Å². The Labute approximate surface area is 810 Å². The molecule has 0 saturated heterocycles. The van der Waals surface area contributed by atoms with E-state index in [9.17, 15) is 0 Å². The minimum Gasteiger partial charge on any atom is -0.0917 e. The Morgan fingerprint density at radius 3 is 0.707 bits per heavy atom. The van der Waals surface area contributed by atoms with Gasteiger partial charge in [0, 0.05) is 0 Å². The van der Waals surface area contributed by atoms with Crippen molar-refractivity contribution in [3.63, 3.8) is 0 Å². The Morgan fingerprint density at radius 2 is 0.293 bits per heavy atom. The van der Waals surface area contributed by atoms with Crippen molar-refractivity contribution in [2.24, 2.45) is 0 Å². The SMILES string of the molecule is C=c1ccc2c(ccc3cc4cccc(=C)c4cc32)c1.C=c1ccc2c(ccc3ccc4c(=C)cccc4c32)c1.C=c1ccc2c(ccc3ccc4ccc(=C)cc4c32)c1.C=c1ccc2cc3c(ccc4cc(=C)ccc43)cc2c1.C=c1ccc2cc3c(ccc4cccc(=C)c43)cc2c1.C=c1cccc2cc3ccc4cccc(=C)c4c3cc12.C=c1cccc2ccc3c(ccc4cccc(=C)c43)c12. The third-order valence-corrected chi connectivity index (χ3v) is 27.9. The van der Waals surface area contributed by atoms with Gasteiger partial charge >= 0.3 is 0 Å². The molecule has 0 aliphatic carbocycles. The lowest BCUT2D eigenvalue weighted by Crippen LogP contribution is -2.01. The molecule has 0 unspecified atom stereocenters. The van der Waals surface area contributed by atoms with Gasteiger partial charge in [0.1, 0.15) is 0 Å². The van der Waals surface area contributed by atoms with Crippen LogP contribution in [0.25, 0.3) is 318 Å². The molecule has 0 amide bonds. The van der Waals surface area contributed by atoms with Crippen LogP contribution in [-0.2, 0) is 0 Å². The van der Waals surface area contributed by atoms with Crippen molar-refractivity contribution in [3.05, 3.63) is 498 Å². The number of benzene rings is 28. The van der Waals surface area contributed by atoms with Crippen LogP contribution in [-0.4, -0.2) is 0 Å². The van der Waals surface area contributed by atoms with Crippen molar-refractivity contribution in [2.45, 2.75) is 0 Å². The fourth-order valence-electron chi connectivity index (χ4n) is 21.0. The van der Waals surface area contributed by atoms with Gasteiger partial charge in [0.15, 0.2) is 0 Å². The molecule has 28 aromatic carbocycles. The molecule has 0 radical (unpaired) electrons. The van der Waals surface area contributed by atoms with E-state index < -0.39 is 0 Å². The summed E-state index contributed by atoms with van der Waals surface area (Å²) < 4.78 is 0. The van der Waals surface area contributed by atoms with Gasteiger partial charge in [-0.3, -0.25) is 0 Å². The standard InChI is InChI=1S/7C20H14/c1-13-4-10-18-17(11-13)9-8-16-7-6-15-5-3-14(2)12-19(15)20(16)18;1-13-3-5-15-12-20-17(11-18(15)10-13)7-6-16-9-14(2)4-8-19(16)20;1-13-5-3-8-16-11-17-10-9-15-7-4-6-14(2)20(15)19(17)12-18(13)16;1-13-5-3-7-15-9-12-18-17(19(13)15)11-10-16-8-4-6-14(2)20(16)18;1-13-6-10-18-16(12-13)8-7-15-9-11-17-14(2)4-3-5-19(17)20(15)18;1-13-6-9-18-16(10-13)7-8-17-11-15-5-3-4-14(2)19(15)12-20(17)18;1-13-6-7-16-12-19-17(11-18(16)10-13)9-8-15-5-3-4-14(2)20(15)19/h7*3-12H,1-2H2. The molecular formula is C140H98. The maximum atomic E-state index is 4.19. The minimum absolute atomic E-state index is 1.05. The van der Waals surface area contributed by atoms with Crippen LogP contribution in [0.4, 0.5) is 0 Å². The van der Waals surface area contributed by atoms with Crippen molar-refractivity contribution < 1.29 is 0 Å². The van der Waals surface area contributed by atoms with Gasteiger partial charge in [-0.2, -0.15) is 0 Å². The quantitative estimate of drug-likeness (QED) is 0.105. The molecule has 0 saturated carbocycles. The van der Waals surface area contributed by atoms with Gasteiger partial charge in [0.25, 0.3) is 0 Å². The van der Waals surface area contributed by atoms with E-state index in [0.717, 1.165) is 73.1 Å². The normalized spacial score (nSPS) is 11.4. The second-order valence-corrected chi connectivity index (χ2v) is 37.2. The number of hydrogen-bond donors (Lipinski definition) is 0. The lowest BCUT2D eigenvalue weighted by atomic mass is 9.95. The average Bonchev–Trinajstić information content (AvgIpc) is 0.769. The van der Waals surface area contributed by atoms with Gasteiger partial charge in [-0.25, -0.2) is 0 Å². The molecule has 28 rings (SSSR count).